The summed E-state index contributed by atoms with van der Waals surface area (Å²) < 4.78 is 31.7. The number of halogens is 2. The van der Waals surface area contributed by atoms with E-state index in [1.807, 2.05) is 6.92 Å². The van der Waals surface area contributed by atoms with Gasteiger partial charge in [-0.25, -0.2) is 23.1 Å². The number of rotatable bonds is 3. The third-order valence-electron chi connectivity index (χ3n) is 7.30. The van der Waals surface area contributed by atoms with Gasteiger partial charge in [-0.05, 0) is 49.0 Å². The number of aromatic nitrogens is 4. The third-order valence-corrected chi connectivity index (χ3v) is 7.30. The summed E-state index contributed by atoms with van der Waals surface area (Å²) >= 11 is 0. The molecule has 6 nitrogen and oxygen atoms in total. The highest BCUT2D eigenvalue weighted by atomic mass is 19.1. The molecule has 188 valence electrons. The molecular formula is C28H27BF2N4O2. The van der Waals surface area contributed by atoms with E-state index in [0.29, 0.717) is 29.9 Å². The lowest BCUT2D eigenvalue weighted by Gasteiger charge is -2.33. The number of aromatic hydroxyl groups is 1. The van der Waals surface area contributed by atoms with Crippen molar-refractivity contribution in [2.75, 3.05) is 0 Å². The summed E-state index contributed by atoms with van der Waals surface area (Å²) in [6, 6.07) is 6.65. The van der Waals surface area contributed by atoms with Crippen LogP contribution in [0.25, 0.3) is 28.0 Å². The van der Waals surface area contributed by atoms with Crippen molar-refractivity contribution in [2.24, 2.45) is 0 Å². The van der Waals surface area contributed by atoms with Crippen LogP contribution in [0, 0.1) is 25.5 Å². The number of aryl methyl sites for hydroxylation is 2. The first-order chi connectivity index (χ1) is 17.7. The molecule has 0 unspecified atom stereocenters. The normalized spacial score (nSPS) is 15.9. The standard InChI is InChI=1S/C28H27BF2N4O2/c1-16-11-14-32-17(2)24(16)35-26-18(15-20(31)23(33-26)22-19(30)9-8-10-21(22)36)25(34-27(35)37)28(29)12-6-4-3-5-7-13-28/h8-11,14-15,36H,3-7,12-13H2,1-2H3. The van der Waals surface area contributed by atoms with Crippen LogP contribution in [-0.2, 0) is 5.31 Å². The summed E-state index contributed by atoms with van der Waals surface area (Å²) in [5.74, 6) is -2.15. The Balaban J connectivity index is 1.90. The first kappa shape index (κ1) is 25.1. The van der Waals surface area contributed by atoms with Crippen molar-refractivity contribution in [2.45, 2.75) is 64.1 Å². The molecule has 0 amide bonds. The highest BCUT2D eigenvalue weighted by Gasteiger charge is 2.33. The minimum atomic E-state index is -0.939. The Hall–Kier alpha value is -3.62. The summed E-state index contributed by atoms with van der Waals surface area (Å²) in [6.45, 7) is 3.57. The SMILES string of the molecule is [B]C1(c2nc(=O)n(-c3c(C)ccnc3C)c3nc(-c4c(O)cccc4F)c(F)cc23)CCCCCCC1. The van der Waals surface area contributed by atoms with Crippen LogP contribution in [0.4, 0.5) is 8.78 Å². The Bertz CT molecular complexity index is 1520. The van der Waals surface area contributed by atoms with E-state index < -0.39 is 34.1 Å². The molecule has 0 atom stereocenters. The van der Waals surface area contributed by atoms with Crippen LogP contribution in [0.1, 0.15) is 61.9 Å². The number of phenols is 1. The topological polar surface area (TPSA) is 80.9 Å². The first-order valence-corrected chi connectivity index (χ1v) is 12.5. The van der Waals surface area contributed by atoms with Gasteiger partial charge >= 0.3 is 5.69 Å². The Morgan fingerprint density at radius 3 is 2.38 bits per heavy atom. The fourth-order valence-corrected chi connectivity index (χ4v) is 5.42. The summed E-state index contributed by atoms with van der Waals surface area (Å²) in [7, 11) is 6.91. The number of hydrogen-bond acceptors (Lipinski definition) is 5. The Labute approximate surface area is 214 Å². The molecule has 0 spiro atoms. The Kier molecular flexibility index (Phi) is 6.56. The van der Waals surface area contributed by atoms with Crippen molar-refractivity contribution in [1.29, 1.82) is 0 Å². The van der Waals surface area contributed by atoms with Crippen LogP contribution in [0.15, 0.2) is 41.3 Å². The van der Waals surface area contributed by atoms with E-state index in [-0.39, 0.29) is 16.6 Å². The minimum absolute atomic E-state index is 0.0835. The van der Waals surface area contributed by atoms with Gasteiger partial charge in [-0.3, -0.25) is 4.98 Å². The molecule has 0 aliphatic heterocycles. The molecule has 1 aromatic carbocycles. The first-order valence-electron chi connectivity index (χ1n) is 12.5. The fraction of sp³-hybridized carbons (Fsp3) is 0.357. The van der Waals surface area contributed by atoms with Gasteiger partial charge in [0.25, 0.3) is 0 Å². The quantitative estimate of drug-likeness (QED) is 0.373. The lowest BCUT2D eigenvalue weighted by atomic mass is 9.59. The van der Waals surface area contributed by atoms with E-state index in [9.17, 15) is 14.3 Å². The van der Waals surface area contributed by atoms with E-state index in [4.69, 9.17) is 7.85 Å². The molecule has 3 aromatic heterocycles. The van der Waals surface area contributed by atoms with Crippen molar-refractivity contribution >= 4 is 18.9 Å². The van der Waals surface area contributed by atoms with Crippen LogP contribution in [0.2, 0.25) is 0 Å². The number of nitrogens with zero attached hydrogens (tertiary/aromatic N) is 4. The second-order valence-electron chi connectivity index (χ2n) is 9.89. The fourth-order valence-electron chi connectivity index (χ4n) is 5.42. The average molecular weight is 500 g/mol. The van der Waals surface area contributed by atoms with Gasteiger partial charge in [0.05, 0.1) is 30.5 Å². The monoisotopic (exact) mass is 500 g/mol. The smallest absolute Gasteiger partial charge is 0.354 e. The van der Waals surface area contributed by atoms with Crippen LogP contribution in [0.3, 0.4) is 0 Å². The van der Waals surface area contributed by atoms with Gasteiger partial charge in [-0.15, -0.1) is 0 Å². The lowest BCUT2D eigenvalue weighted by molar-refractivity contribution is 0.409. The van der Waals surface area contributed by atoms with Crippen molar-refractivity contribution in [3.05, 3.63) is 75.6 Å². The summed E-state index contributed by atoms with van der Waals surface area (Å²) in [5, 5.41) is 9.71. The van der Waals surface area contributed by atoms with Gasteiger partial charge in [0.2, 0.25) is 0 Å². The molecule has 9 heteroatoms. The molecule has 0 saturated heterocycles. The van der Waals surface area contributed by atoms with Crippen molar-refractivity contribution < 1.29 is 13.9 Å². The second kappa shape index (κ2) is 9.69. The van der Waals surface area contributed by atoms with Crippen LogP contribution in [-0.4, -0.2) is 32.5 Å². The molecule has 5 rings (SSSR count). The zero-order valence-electron chi connectivity index (χ0n) is 20.9. The van der Waals surface area contributed by atoms with E-state index in [0.717, 1.165) is 43.7 Å². The molecule has 0 bridgehead atoms. The van der Waals surface area contributed by atoms with Gasteiger partial charge in [0.15, 0.2) is 11.5 Å². The number of pyridine rings is 2. The van der Waals surface area contributed by atoms with Gasteiger partial charge in [-0.2, -0.15) is 4.98 Å². The van der Waals surface area contributed by atoms with E-state index in [1.165, 1.54) is 22.8 Å². The molecular weight excluding hydrogens is 473 g/mol. The average Bonchev–Trinajstić information content (AvgIpc) is 2.83. The summed E-state index contributed by atoms with van der Waals surface area (Å²) in [5.41, 5.74) is 0.705. The second-order valence-corrected chi connectivity index (χ2v) is 9.89. The highest BCUT2D eigenvalue weighted by molar-refractivity contribution is 6.17. The molecule has 1 N–H and O–H groups in total. The zero-order valence-corrected chi connectivity index (χ0v) is 20.9. The van der Waals surface area contributed by atoms with Crippen molar-refractivity contribution in [1.82, 2.24) is 19.5 Å². The Morgan fingerprint density at radius 2 is 1.70 bits per heavy atom. The zero-order chi connectivity index (χ0) is 26.3. The molecule has 37 heavy (non-hydrogen) atoms. The molecule has 1 saturated carbocycles. The van der Waals surface area contributed by atoms with Crippen molar-refractivity contribution in [3.63, 3.8) is 0 Å². The number of hydrogen-bond donors (Lipinski definition) is 1. The van der Waals surface area contributed by atoms with Crippen LogP contribution >= 0.6 is 0 Å². The molecule has 2 radical (unpaired) electrons. The molecule has 1 aliphatic carbocycles. The summed E-state index contributed by atoms with van der Waals surface area (Å²) in [4.78, 5) is 26.9. The van der Waals surface area contributed by atoms with Crippen LogP contribution < -0.4 is 5.69 Å². The molecule has 1 aliphatic rings. The van der Waals surface area contributed by atoms with Crippen molar-refractivity contribution in [3.8, 4) is 22.7 Å². The predicted octanol–water partition coefficient (Wildman–Crippen LogP) is 5.55. The van der Waals surface area contributed by atoms with E-state index >= 15 is 4.39 Å². The highest BCUT2D eigenvalue weighted by Crippen LogP contribution is 2.39. The largest absolute Gasteiger partial charge is 0.507 e. The lowest BCUT2D eigenvalue weighted by Crippen LogP contribution is -2.35. The van der Waals surface area contributed by atoms with Gasteiger partial charge in [0.1, 0.15) is 17.3 Å². The van der Waals surface area contributed by atoms with E-state index in [2.05, 4.69) is 15.0 Å². The third kappa shape index (κ3) is 4.41. The van der Waals surface area contributed by atoms with Gasteiger partial charge in [0, 0.05) is 11.6 Å². The molecule has 4 aromatic rings. The molecule has 3 heterocycles. The minimum Gasteiger partial charge on any atom is -0.507 e. The number of benzene rings is 1. The van der Waals surface area contributed by atoms with Gasteiger partial charge < -0.3 is 5.11 Å². The Morgan fingerprint density at radius 1 is 1.00 bits per heavy atom. The maximum Gasteiger partial charge on any atom is 0.354 e. The molecule has 1 fully saturated rings. The summed E-state index contributed by atoms with van der Waals surface area (Å²) in [6.07, 6.45) is 7.71. The number of phenolic OH excluding ortho intramolecular Hbond substituents is 1. The maximum absolute atomic E-state index is 15.7. The predicted molar refractivity (Wildman–Crippen MR) is 139 cm³/mol. The van der Waals surface area contributed by atoms with E-state index in [1.54, 1.807) is 19.2 Å². The van der Waals surface area contributed by atoms with Crippen LogP contribution in [0.5, 0.6) is 5.75 Å². The maximum atomic E-state index is 15.7. The van der Waals surface area contributed by atoms with Gasteiger partial charge in [-0.1, -0.05) is 51.0 Å². The number of fused-ring (bicyclic) bond motifs is 1.